The topological polar surface area (TPSA) is 88.8 Å². The maximum atomic E-state index is 13.0. The summed E-state index contributed by atoms with van der Waals surface area (Å²) in [4.78, 5) is 24.6. The summed E-state index contributed by atoms with van der Waals surface area (Å²) in [6.45, 7) is 5.83. The van der Waals surface area contributed by atoms with Crippen LogP contribution in [-0.2, 0) is 9.53 Å². The van der Waals surface area contributed by atoms with Gasteiger partial charge in [0.2, 0.25) is 0 Å². The zero-order chi connectivity index (χ0) is 19.8. The minimum atomic E-state index is -1.44. The van der Waals surface area contributed by atoms with Gasteiger partial charge in [-0.2, -0.15) is 0 Å². The summed E-state index contributed by atoms with van der Waals surface area (Å²) in [6.07, 6.45) is -0.0780. The van der Waals surface area contributed by atoms with E-state index in [1.165, 1.54) is 30.3 Å². The fourth-order valence-corrected chi connectivity index (χ4v) is 3.52. The van der Waals surface area contributed by atoms with Crippen molar-refractivity contribution < 1.29 is 28.2 Å². The molecule has 1 aromatic carbocycles. The first kappa shape index (κ1) is 19.1. The summed E-state index contributed by atoms with van der Waals surface area (Å²) in [7, 11) is 0. The van der Waals surface area contributed by atoms with Crippen LogP contribution in [0.5, 0.6) is 0 Å². The van der Waals surface area contributed by atoms with Gasteiger partial charge in [-0.05, 0) is 43.3 Å². The monoisotopic (exact) mass is 375 g/mol. The van der Waals surface area contributed by atoms with Crippen LogP contribution in [0.1, 0.15) is 37.7 Å². The molecular weight excluding hydrogens is 353 g/mol. The van der Waals surface area contributed by atoms with E-state index in [0.717, 1.165) is 0 Å². The Bertz CT molecular complexity index is 858. The van der Waals surface area contributed by atoms with Crippen LogP contribution in [0, 0.1) is 11.2 Å². The number of nitrogens with one attached hydrogen (secondary N) is 1. The van der Waals surface area contributed by atoms with Crippen molar-refractivity contribution in [2.75, 3.05) is 6.61 Å². The fraction of sp³-hybridized carbons (Fsp3) is 0.400. The van der Waals surface area contributed by atoms with Crippen LogP contribution < -0.4 is 5.32 Å². The standard InChI is InChI=1S/C20H22FNO5/c1-4-26-16-11-20(18(24)25,19(16,2)3)22-17(23)15-10-9-14(27-15)12-5-7-13(21)8-6-12/h5-10,16H,4,11H2,1-3H3,(H,22,23)(H,24,25). The second kappa shape index (κ2) is 6.81. The number of benzene rings is 1. The van der Waals surface area contributed by atoms with Gasteiger partial charge in [0.25, 0.3) is 5.91 Å². The fourth-order valence-electron chi connectivity index (χ4n) is 3.52. The van der Waals surface area contributed by atoms with E-state index in [2.05, 4.69) is 5.32 Å². The van der Waals surface area contributed by atoms with Crippen LogP contribution in [0.25, 0.3) is 11.3 Å². The van der Waals surface area contributed by atoms with E-state index >= 15 is 0 Å². The molecule has 1 heterocycles. The summed E-state index contributed by atoms with van der Waals surface area (Å²) in [5.74, 6) is -1.71. The van der Waals surface area contributed by atoms with Gasteiger partial charge in [-0.3, -0.25) is 4.79 Å². The summed E-state index contributed by atoms with van der Waals surface area (Å²) in [5, 5.41) is 12.4. The van der Waals surface area contributed by atoms with Gasteiger partial charge in [-0.15, -0.1) is 0 Å². The van der Waals surface area contributed by atoms with E-state index in [1.54, 1.807) is 19.9 Å². The quantitative estimate of drug-likeness (QED) is 0.807. The Morgan fingerprint density at radius 2 is 1.93 bits per heavy atom. The van der Waals surface area contributed by atoms with Crippen molar-refractivity contribution in [3.63, 3.8) is 0 Å². The molecule has 1 aliphatic rings. The zero-order valence-electron chi connectivity index (χ0n) is 15.4. The lowest BCUT2D eigenvalue weighted by Crippen LogP contribution is -2.76. The van der Waals surface area contributed by atoms with Gasteiger partial charge >= 0.3 is 5.97 Å². The van der Waals surface area contributed by atoms with Crippen molar-refractivity contribution in [1.82, 2.24) is 5.32 Å². The minimum absolute atomic E-state index is 0.00869. The normalized spacial score (nSPS) is 23.5. The average molecular weight is 375 g/mol. The molecule has 7 heteroatoms. The molecular formula is C20H22FNO5. The first-order valence-corrected chi connectivity index (χ1v) is 8.74. The van der Waals surface area contributed by atoms with Crippen molar-refractivity contribution in [3.05, 3.63) is 48.0 Å². The second-order valence-corrected chi connectivity index (χ2v) is 7.21. The molecule has 0 bridgehead atoms. The van der Waals surface area contributed by atoms with E-state index in [-0.39, 0.29) is 24.1 Å². The summed E-state index contributed by atoms with van der Waals surface area (Å²) < 4.78 is 24.2. The molecule has 6 nitrogen and oxygen atoms in total. The van der Waals surface area contributed by atoms with Crippen LogP contribution >= 0.6 is 0 Å². The maximum absolute atomic E-state index is 13.0. The number of aliphatic carboxylic acids is 1. The molecule has 0 saturated heterocycles. The lowest BCUT2D eigenvalue weighted by Gasteiger charge is -2.58. The predicted molar refractivity (Wildman–Crippen MR) is 95.7 cm³/mol. The Labute approximate surface area is 156 Å². The number of rotatable bonds is 6. The van der Waals surface area contributed by atoms with Crippen molar-refractivity contribution in [3.8, 4) is 11.3 Å². The smallest absolute Gasteiger partial charge is 0.330 e. The number of amides is 1. The lowest BCUT2D eigenvalue weighted by molar-refractivity contribution is -0.190. The van der Waals surface area contributed by atoms with Gasteiger partial charge in [-0.1, -0.05) is 13.8 Å². The van der Waals surface area contributed by atoms with Crippen LogP contribution in [0.15, 0.2) is 40.8 Å². The average Bonchev–Trinajstić information content (AvgIpc) is 3.11. The van der Waals surface area contributed by atoms with E-state index in [0.29, 0.717) is 17.9 Å². The minimum Gasteiger partial charge on any atom is -0.479 e. The largest absolute Gasteiger partial charge is 0.479 e. The van der Waals surface area contributed by atoms with Crippen molar-refractivity contribution in [2.24, 2.45) is 5.41 Å². The van der Waals surface area contributed by atoms with E-state index in [4.69, 9.17) is 9.15 Å². The Morgan fingerprint density at radius 3 is 2.48 bits per heavy atom. The van der Waals surface area contributed by atoms with Gasteiger partial charge in [0.15, 0.2) is 5.76 Å². The molecule has 2 atom stereocenters. The second-order valence-electron chi connectivity index (χ2n) is 7.21. The van der Waals surface area contributed by atoms with E-state index < -0.39 is 22.8 Å². The summed E-state index contributed by atoms with van der Waals surface area (Å²) >= 11 is 0. The van der Waals surface area contributed by atoms with Crippen LogP contribution in [-0.4, -0.2) is 35.2 Å². The Balaban J connectivity index is 1.80. The highest BCUT2D eigenvalue weighted by atomic mass is 19.1. The summed E-state index contributed by atoms with van der Waals surface area (Å²) in [6, 6.07) is 8.72. The third-order valence-electron chi connectivity index (χ3n) is 5.41. The maximum Gasteiger partial charge on any atom is 0.330 e. The van der Waals surface area contributed by atoms with Crippen LogP contribution in [0.2, 0.25) is 0 Å². The first-order chi connectivity index (χ1) is 12.7. The van der Waals surface area contributed by atoms with Gasteiger partial charge in [0, 0.05) is 24.0 Å². The van der Waals surface area contributed by atoms with Gasteiger partial charge in [0.05, 0.1) is 6.10 Å². The number of hydrogen-bond acceptors (Lipinski definition) is 4. The third-order valence-corrected chi connectivity index (χ3v) is 5.41. The van der Waals surface area contributed by atoms with Crippen molar-refractivity contribution in [1.29, 1.82) is 0 Å². The molecule has 0 radical (unpaired) electrons. The van der Waals surface area contributed by atoms with Crippen LogP contribution in [0.3, 0.4) is 0 Å². The van der Waals surface area contributed by atoms with E-state index in [9.17, 15) is 19.1 Å². The highest BCUT2D eigenvalue weighted by molar-refractivity contribution is 5.97. The number of furan rings is 1. The molecule has 2 unspecified atom stereocenters. The van der Waals surface area contributed by atoms with Crippen LogP contribution in [0.4, 0.5) is 4.39 Å². The molecule has 2 N–H and O–H groups in total. The number of carboxylic acids is 1. The Hall–Kier alpha value is -2.67. The molecule has 1 aromatic heterocycles. The van der Waals surface area contributed by atoms with Crippen molar-refractivity contribution >= 4 is 11.9 Å². The number of carboxylic acid groups (broad SMARTS) is 1. The molecule has 144 valence electrons. The predicted octanol–water partition coefficient (Wildman–Crippen LogP) is 3.47. The molecule has 27 heavy (non-hydrogen) atoms. The molecule has 0 aliphatic heterocycles. The molecule has 1 amide bonds. The SMILES string of the molecule is CCOC1CC(NC(=O)c2ccc(-c3ccc(F)cc3)o2)(C(=O)O)C1(C)C. The third kappa shape index (κ3) is 3.12. The molecule has 1 saturated carbocycles. The molecule has 1 fully saturated rings. The Morgan fingerprint density at radius 1 is 1.26 bits per heavy atom. The number of carbonyl (C=O) groups excluding carboxylic acids is 1. The first-order valence-electron chi connectivity index (χ1n) is 8.74. The highest BCUT2D eigenvalue weighted by Crippen LogP contribution is 2.51. The highest BCUT2D eigenvalue weighted by Gasteiger charge is 2.66. The molecule has 1 aliphatic carbocycles. The Kier molecular flexibility index (Phi) is 4.82. The van der Waals surface area contributed by atoms with Crippen molar-refractivity contribution in [2.45, 2.75) is 38.8 Å². The summed E-state index contributed by atoms with van der Waals surface area (Å²) in [5.41, 5.74) is -1.60. The van der Waals surface area contributed by atoms with Gasteiger partial charge in [0.1, 0.15) is 17.1 Å². The number of carbonyl (C=O) groups is 2. The number of hydrogen-bond donors (Lipinski definition) is 2. The van der Waals surface area contributed by atoms with Gasteiger partial charge < -0.3 is 19.6 Å². The molecule has 2 aromatic rings. The van der Waals surface area contributed by atoms with Gasteiger partial charge in [-0.25, -0.2) is 9.18 Å². The van der Waals surface area contributed by atoms with E-state index in [1.807, 2.05) is 6.92 Å². The lowest BCUT2D eigenvalue weighted by atomic mass is 9.54. The number of ether oxygens (including phenoxy) is 1. The molecule has 0 spiro atoms. The molecule has 3 rings (SSSR count). The zero-order valence-corrected chi connectivity index (χ0v) is 15.4. The number of halogens is 1.